The van der Waals surface area contributed by atoms with Gasteiger partial charge in [-0.05, 0) is 30.3 Å². The molecule has 0 spiro atoms. The van der Waals surface area contributed by atoms with Crippen molar-refractivity contribution in [3.63, 3.8) is 0 Å². The van der Waals surface area contributed by atoms with E-state index in [0.29, 0.717) is 21.3 Å². The number of nitrogens with zero attached hydrogens (tertiary/aromatic N) is 2. The normalized spacial score (nSPS) is 11.2. The van der Waals surface area contributed by atoms with Crippen molar-refractivity contribution in [3.05, 3.63) is 99.8 Å². The van der Waals surface area contributed by atoms with Crippen molar-refractivity contribution < 1.29 is 4.79 Å². The number of aromatic nitrogens is 1. The number of pyridine rings is 1. The lowest BCUT2D eigenvalue weighted by molar-refractivity contribution is 0.0955. The second-order valence-electron chi connectivity index (χ2n) is 5.14. The van der Waals surface area contributed by atoms with Crippen LogP contribution in [0.25, 0.3) is 0 Å². The van der Waals surface area contributed by atoms with Crippen molar-refractivity contribution in [1.82, 2.24) is 10.4 Å². The molecule has 2 aromatic carbocycles. The van der Waals surface area contributed by atoms with Crippen molar-refractivity contribution in [2.24, 2.45) is 5.10 Å². The Morgan fingerprint density at radius 2 is 1.64 bits per heavy atom. The van der Waals surface area contributed by atoms with Crippen molar-refractivity contribution in [1.29, 1.82) is 0 Å². The molecule has 0 unspecified atom stereocenters. The van der Waals surface area contributed by atoms with Gasteiger partial charge in [0, 0.05) is 29.1 Å². The van der Waals surface area contributed by atoms with E-state index < -0.39 is 0 Å². The van der Waals surface area contributed by atoms with Gasteiger partial charge in [-0.3, -0.25) is 9.78 Å². The van der Waals surface area contributed by atoms with E-state index in [-0.39, 0.29) is 5.91 Å². The molecule has 0 radical (unpaired) electrons. The molecular weight excluding hydrogens is 357 g/mol. The fourth-order valence-corrected chi connectivity index (χ4v) is 2.50. The molecule has 0 atom stereocenters. The summed E-state index contributed by atoms with van der Waals surface area (Å²) in [5.74, 6) is -0.379. The zero-order valence-electron chi connectivity index (χ0n) is 13.0. The van der Waals surface area contributed by atoms with E-state index in [4.69, 9.17) is 23.2 Å². The maximum absolute atomic E-state index is 12.3. The molecule has 0 aliphatic heterocycles. The van der Waals surface area contributed by atoms with Gasteiger partial charge in [-0.1, -0.05) is 53.5 Å². The molecule has 0 bridgehead atoms. The number of hydrogen-bond donors (Lipinski definition) is 1. The molecule has 1 amide bonds. The highest BCUT2D eigenvalue weighted by atomic mass is 35.5. The van der Waals surface area contributed by atoms with E-state index in [1.807, 2.05) is 42.5 Å². The van der Waals surface area contributed by atoms with Crippen LogP contribution >= 0.6 is 23.2 Å². The van der Waals surface area contributed by atoms with E-state index in [0.717, 1.165) is 11.1 Å². The first-order chi connectivity index (χ1) is 12.1. The quantitative estimate of drug-likeness (QED) is 0.540. The molecule has 3 rings (SSSR count). The Labute approximate surface area is 155 Å². The van der Waals surface area contributed by atoms with Gasteiger partial charge >= 0.3 is 0 Å². The maximum atomic E-state index is 12.3. The van der Waals surface area contributed by atoms with Crippen molar-refractivity contribution in [2.45, 2.75) is 0 Å². The van der Waals surface area contributed by atoms with E-state index >= 15 is 0 Å². The number of carbonyl (C=O) groups is 1. The van der Waals surface area contributed by atoms with Gasteiger partial charge in [0.25, 0.3) is 5.91 Å². The first-order valence-corrected chi connectivity index (χ1v) is 8.19. The molecule has 0 saturated heterocycles. The highest BCUT2D eigenvalue weighted by Crippen LogP contribution is 2.22. The number of hydrogen-bond acceptors (Lipinski definition) is 3. The van der Waals surface area contributed by atoms with E-state index in [9.17, 15) is 4.79 Å². The Kier molecular flexibility index (Phi) is 5.43. The second kappa shape index (κ2) is 7.92. The molecule has 4 nitrogen and oxygen atoms in total. The number of amides is 1. The molecule has 1 heterocycles. The predicted molar refractivity (Wildman–Crippen MR) is 100 cm³/mol. The number of carbonyl (C=O) groups excluding carboxylic acids is 1. The second-order valence-corrected chi connectivity index (χ2v) is 5.95. The molecule has 1 aromatic heterocycles. The van der Waals surface area contributed by atoms with Crippen LogP contribution in [0.15, 0.2) is 78.2 Å². The third-order valence-corrected chi connectivity index (χ3v) is 4.17. The van der Waals surface area contributed by atoms with Gasteiger partial charge in [-0.15, -0.1) is 0 Å². The average molecular weight is 370 g/mol. The predicted octanol–water partition coefficient (Wildman–Crippen LogP) is 4.57. The number of hydrazone groups is 1. The smallest absolute Gasteiger partial charge is 0.267 e. The van der Waals surface area contributed by atoms with Crippen LogP contribution in [0.4, 0.5) is 0 Å². The first-order valence-electron chi connectivity index (χ1n) is 7.44. The molecule has 1 N–H and O–H groups in total. The molecule has 0 aliphatic rings. The van der Waals surface area contributed by atoms with E-state index in [1.165, 1.54) is 6.07 Å². The molecule has 25 heavy (non-hydrogen) atoms. The Morgan fingerprint density at radius 3 is 2.32 bits per heavy atom. The van der Waals surface area contributed by atoms with Crippen LogP contribution < -0.4 is 5.43 Å². The fourth-order valence-electron chi connectivity index (χ4n) is 2.20. The topological polar surface area (TPSA) is 54.4 Å². The summed E-state index contributed by atoms with van der Waals surface area (Å²) in [6.07, 6.45) is 3.37. The third-order valence-electron chi connectivity index (χ3n) is 3.43. The minimum Gasteiger partial charge on any atom is -0.267 e. The zero-order valence-corrected chi connectivity index (χ0v) is 14.5. The largest absolute Gasteiger partial charge is 0.271 e. The molecule has 0 aliphatic carbocycles. The van der Waals surface area contributed by atoms with Gasteiger partial charge in [-0.2, -0.15) is 5.10 Å². The summed E-state index contributed by atoms with van der Waals surface area (Å²) in [6.45, 7) is 0. The Hall–Kier alpha value is -2.69. The lowest BCUT2D eigenvalue weighted by Crippen LogP contribution is -2.20. The summed E-state index contributed by atoms with van der Waals surface area (Å²) in [5, 5.41) is 5.00. The highest BCUT2D eigenvalue weighted by molar-refractivity contribution is 6.42. The lowest BCUT2D eigenvalue weighted by atomic mass is 10.0. The van der Waals surface area contributed by atoms with Crippen LogP contribution in [0.3, 0.4) is 0 Å². The van der Waals surface area contributed by atoms with Crippen LogP contribution in [-0.2, 0) is 0 Å². The van der Waals surface area contributed by atoms with Gasteiger partial charge in [0.15, 0.2) is 0 Å². The van der Waals surface area contributed by atoms with E-state index in [2.05, 4.69) is 15.5 Å². The average Bonchev–Trinajstić information content (AvgIpc) is 2.66. The summed E-state index contributed by atoms with van der Waals surface area (Å²) >= 11 is 11.8. The monoisotopic (exact) mass is 369 g/mol. The van der Waals surface area contributed by atoms with Crippen molar-refractivity contribution in [3.8, 4) is 0 Å². The number of nitrogens with one attached hydrogen (secondary N) is 1. The third kappa shape index (κ3) is 4.24. The minimum absolute atomic E-state index is 0.314. The molecule has 0 fully saturated rings. The van der Waals surface area contributed by atoms with E-state index in [1.54, 1.807) is 24.5 Å². The fraction of sp³-hybridized carbons (Fsp3) is 0. The Morgan fingerprint density at radius 1 is 0.880 bits per heavy atom. The summed E-state index contributed by atoms with van der Waals surface area (Å²) in [6, 6.07) is 17.9. The number of rotatable bonds is 4. The van der Waals surface area contributed by atoms with Gasteiger partial charge in [0.1, 0.15) is 0 Å². The van der Waals surface area contributed by atoms with Gasteiger partial charge < -0.3 is 0 Å². The molecule has 3 aromatic rings. The maximum Gasteiger partial charge on any atom is 0.271 e. The first kappa shape index (κ1) is 17.1. The number of benzene rings is 2. The Bertz CT molecular complexity index is 871. The van der Waals surface area contributed by atoms with Gasteiger partial charge in [-0.25, -0.2) is 5.43 Å². The van der Waals surface area contributed by atoms with Gasteiger partial charge in [0.2, 0.25) is 0 Å². The highest BCUT2D eigenvalue weighted by Gasteiger charge is 2.10. The lowest BCUT2D eigenvalue weighted by Gasteiger charge is -2.08. The molecule has 6 heteroatoms. The zero-order chi connectivity index (χ0) is 17.6. The summed E-state index contributed by atoms with van der Waals surface area (Å²) in [4.78, 5) is 16.5. The summed E-state index contributed by atoms with van der Waals surface area (Å²) in [5.41, 5.74) is 5.21. The standard InChI is InChI=1S/C19H13Cl2N3O/c20-16-9-8-14(11-17(16)21)19(25)24-23-18(13-5-2-1-3-6-13)15-7-4-10-22-12-15/h1-12H,(H,24,25). The van der Waals surface area contributed by atoms with Crippen LogP contribution in [0.5, 0.6) is 0 Å². The van der Waals surface area contributed by atoms with Crippen LogP contribution in [-0.4, -0.2) is 16.6 Å². The summed E-state index contributed by atoms with van der Waals surface area (Å²) < 4.78 is 0. The SMILES string of the molecule is O=C(NN=C(c1ccccc1)c1cccnc1)c1ccc(Cl)c(Cl)c1. The summed E-state index contributed by atoms with van der Waals surface area (Å²) in [7, 11) is 0. The van der Waals surface area contributed by atoms with Crippen LogP contribution in [0, 0.1) is 0 Å². The Balaban J connectivity index is 1.91. The van der Waals surface area contributed by atoms with Gasteiger partial charge in [0.05, 0.1) is 15.8 Å². The minimum atomic E-state index is -0.379. The van der Waals surface area contributed by atoms with Crippen molar-refractivity contribution >= 4 is 34.8 Å². The molecular formula is C19H13Cl2N3O. The van der Waals surface area contributed by atoms with Crippen LogP contribution in [0.2, 0.25) is 10.0 Å². The number of halogens is 2. The molecule has 124 valence electrons. The van der Waals surface area contributed by atoms with Crippen LogP contribution in [0.1, 0.15) is 21.5 Å². The molecule has 0 saturated carbocycles. The van der Waals surface area contributed by atoms with Crippen molar-refractivity contribution in [2.75, 3.05) is 0 Å².